The molecular formula is C19H18N4O2S. The Balaban J connectivity index is 1.52. The van der Waals surface area contributed by atoms with Gasteiger partial charge in [-0.05, 0) is 55.8 Å². The zero-order chi connectivity index (χ0) is 18.1. The number of nitrogens with one attached hydrogen (secondary N) is 1. The average Bonchev–Trinajstić information content (AvgIpc) is 3.28. The first kappa shape index (κ1) is 16.7. The molecule has 0 radical (unpaired) electrons. The molecule has 26 heavy (non-hydrogen) atoms. The van der Waals surface area contributed by atoms with Crippen molar-refractivity contribution in [2.24, 2.45) is 0 Å². The molecule has 0 amide bonds. The molecular weight excluding hydrogens is 348 g/mol. The van der Waals surface area contributed by atoms with Crippen molar-refractivity contribution < 1.29 is 9.15 Å². The fraction of sp³-hybridized carbons (Fsp3) is 0.211. The lowest BCUT2D eigenvalue weighted by Gasteiger charge is -2.03. The molecule has 0 saturated heterocycles. The summed E-state index contributed by atoms with van der Waals surface area (Å²) in [4.78, 5) is 7.94. The van der Waals surface area contributed by atoms with Gasteiger partial charge in [0.05, 0.1) is 23.4 Å². The second-order valence-corrected chi connectivity index (χ2v) is 7.33. The van der Waals surface area contributed by atoms with Crippen LogP contribution in [0.4, 0.5) is 0 Å². The van der Waals surface area contributed by atoms with Gasteiger partial charge in [0.2, 0.25) is 11.8 Å². The van der Waals surface area contributed by atoms with E-state index in [-0.39, 0.29) is 5.25 Å². The van der Waals surface area contributed by atoms with E-state index in [0.717, 1.165) is 27.5 Å². The third-order valence-corrected chi connectivity index (χ3v) is 5.00. The standard InChI is InChI=1S/C19H18N4O2S/c1-11-4-9-15-16(10-11)21-19(20-15)26-12(2)17-22-23-18(25-17)13-5-7-14(24-3)8-6-13/h4-10,12H,1-3H3,(H,20,21)/t12-/m0/s1. The Hall–Kier alpha value is -2.80. The van der Waals surface area contributed by atoms with Gasteiger partial charge in [-0.15, -0.1) is 10.2 Å². The summed E-state index contributed by atoms with van der Waals surface area (Å²) in [5.74, 6) is 1.85. The summed E-state index contributed by atoms with van der Waals surface area (Å²) in [5, 5.41) is 9.16. The van der Waals surface area contributed by atoms with Crippen molar-refractivity contribution in [3.05, 3.63) is 53.9 Å². The lowest BCUT2D eigenvalue weighted by atomic mass is 10.2. The molecule has 7 heteroatoms. The molecule has 4 rings (SSSR count). The van der Waals surface area contributed by atoms with Gasteiger partial charge in [-0.1, -0.05) is 17.8 Å². The summed E-state index contributed by atoms with van der Waals surface area (Å²) in [6, 6.07) is 13.7. The van der Waals surface area contributed by atoms with Crippen LogP contribution in [-0.4, -0.2) is 27.3 Å². The minimum absolute atomic E-state index is 0.0174. The highest BCUT2D eigenvalue weighted by atomic mass is 32.2. The third kappa shape index (κ3) is 3.30. The monoisotopic (exact) mass is 366 g/mol. The zero-order valence-electron chi connectivity index (χ0n) is 14.7. The number of nitrogens with zero attached hydrogens (tertiary/aromatic N) is 3. The van der Waals surface area contributed by atoms with E-state index < -0.39 is 0 Å². The van der Waals surface area contributed by atoms with Gasteiger partial charge >= 0.3 is 0 Å². The minimum Gasteiger partial charge on any atom is -0.497 e. The van der Waals surface area contributed by atoms with E-state index in [1.165, 1.54) is 5.56 Å². The molecule has 0 aliphatic carbocycles. The quantitative estimate of drug-likeness (QED) is 0.512. The number of aromatic amines is 1. The summed E-state index contributed by atoms with van der Waals surface area (Å²) >= 11 is 1.56. The SMILES string of the molecule is COc1ccc(-c2nnc([C@H](C)Sc3nc4ccc(C)cc4[nH]3)o2)cc1. The Bertz CT molecular complexity index is 1040. The number of imidazole rings is 1. The van der Waals surface area contributed by atoms with Crippen LogP contribution < -0.4 is 4.74 Å². The molecule has 0 aliphatic heterocycles. The third-order valence-electron chi connectivity index (χ3n) is 4.03. The highest BCUT2D eigenvalue weighted by molar-refractivity contribution is 7.99. The second-order valence-electron chi connectivity index (χ2n) is 6.00. The number of H-pyrrole nitrogens is 1. The molecule has 0 aliphatic rings. The van der Waals surface area contributed by atoms with Crippen molar-refractivity contribution in [1.82, 2.24) is 20.2 Å². The molecule has 4 aromatic rings. The maximum Gasteiger partial charge on any atom is 0.247 e. The summed E-state index contributed by atoms with van der Waals surface area (Å²) in [7, 11) is 1.64. The Morgan fingerprint density at radius 2 is 1.92 bits per heavy atom. The summed E-state index contributed by atoms with van der Waals surface area (Å²) in [5.41, 5.74) is 4.05. The van der Waals surface area contributed by atoms with Crippen LogP contribution in [0.25, 0.3) is 22.5 Å². The highest BCUT2D eigenvalue weighted by Gasteiger charge is 2.18. The number of thioether (sulfide) groups is 1. The van der Waals surface area contributed by atoms with E-state index in [1.807, 2.05) is 37.3 Å². The van der Waals surface area contributed by atoms with Crippen LogP contribution in [0.15, 0.2) is 52.0 Å². The Morgan fingerprint density at radius 3 is 2.69 bits per heavy atom. The van der Waals surface area contributed by atoms with Gasteiger partial charge in [0, 0.05) is 5.56 Å². The molecule has 2 aromatic heterocycles. The van der Waals surface area contributed by atoms with Crippen molar-refractivity contribution in [3.8, 4) is 17.2 Å². The summed E-state index contributed by atoms with van der Waals surface area (Å²) < 4.78 is 11.0. The molecule has 2 heterocycles. The normalized spacial score (nSPS) is 12.4. The van der Waals surface area contributed by atoms with E-state index in [9.17, 15) is 0 Å². The molecule has 0 spiro atoms. The number of aromatic nitrogens is 4. The number of rotatable bonds is 5. The maximum absolute atomic E-state index is 5.84. The molecule has 0 fully saturated rings. The van der Waals surface area contributed by atoms with Crippen LogP contribution in [0, 0.1) is 6.92 Å². The van der Waals surface area contributed by atoms with E-state index >= 15 is 0 Å². The molecule has 0 bridgehead atoms. The van der Waals surface area contributed by atoms with Gasteiger partial charge in [0.15, 0.2) is 5.16 Å². The van der Waals surface area contributed by atoms with Crippen molar-refractivity contribution in [1.29, 1.82) is 0 Å². The van der Waals surface area contributed by atoms with Gasteiger partial charge < -0.3 is 14.1 Å². The van der Waals surface area contributed by atoms with Crippen LogP contribution in [0.5, 0.6) is 5.75 Å². The van der Waals surface area contributed by atoms with Gasteiger partial charge in [-0.2, -0.15) is 0 Å². The van der Waals surface area contributed by atoms with Crippen molar-refractivity contribution in [3.63, 3.8) is 0 Å². The largest absolute Gasteiger partial charge is 0.497 e. The number of fused-ring (bicyclic) bond motifs is 1. The van der Waals surface area contributed by atoms with E-state index in [1.54, 1.807) is 18.9 Å². The lowest BCUT2D eigenvalue weighted by molar-refractivity contribution is 0.415. The van der Waals surface area contributed by atoms with Gasteiger partial charge in [0.1, 0.15) is 5.75 Å². The first-order chi connectivity index (χ1) is 12.6. The van der Waals surface area contributed by atoms with Gasteiger partial charge in [-0.3, -0.25) is 0 Å². The van der Waals surface area contributed by atoms with Crippen LogP contribution >= 0.6 is 11.8 Å². The fourth-order valence-electron chi connectivity index (χ4n) is 2.62. The van der Waals surface area contributed by atoms with E-state index in [2.05, 4.69) is 39.2 Å². The van der Waals surface area contributed by atoms with Crippen molar-refractivity contribution >= 4 is 22.8 Å². The van der Waals surface area contributed by atoms with Gasteiger partial charge in [-0.25, -0.2) is 4.98 Å². The summed E-state index contributed by atoms with van der Waals surface area (Å²) in [6.07, 6.45) is 0. The molecule has 2 aromatic carbocycles. The molecule has 0 unspecified atom stereocenters. The van der Waals surface area contributed by atoms with Crippen LogP contribution in [0.3, 0.4) is 0 Å². The predicted molar refractivity (Wildman–Crippen MR) is 101 cm³/mol. The smallest absolute Gasteiger partial charge is 0.247 e. The number of hydrogen-bond donors (Lipinski definition) is 1. The predicted octanol–water partition coefficient (Wildman–Crippen LogP) is 4.78. The van der Waals surface area contributed by atoms with E-state index in [0.29, 0.717) is 11.8 Å². The zero-order valence-corrected chi connectivity index (χ0v) is 15.5. The molecule has 6 nitrogen and oxygen atoms in total. The van der Waals surface area contributed by atoms with Crippen LogP contribution in [-0.2, 0) is 0 Å². The number of ether oxygens (including phenoxy) is 1. The fourth-order valence-corrected chi connectivity index (χ4v) is 3.47. The molecule has 1 N–H and O–H groups in total. The second kappa shape index (κ2) is 6.84. The Labute approximate surface area is 155 Å². The Kier molecular flexibility index (Phi) is 4.38. The Morgan fingerprint density at radius 1 is 1.12 bits per heavy atom. The number of benzene rings is 2. The van der Waals surface area contributed by atoms with Crippen molar-refractivity contribution in [2.45, 2.75) is 24.3 Å². The maximum atomic E-state index is 5.84. The highest BCUT2D eigenvalue weighted by Crippen LogP contribution is 2.34. The van der Waals surface area contributed by atoms with Crippen LogP contribution in [0.1, 0.15) is 23.6 Å². The van der Waals surface area contributed by atoms with Gasteiger partial charge in [0.25, 0.3) is 0 Å². The molecule has 1 atom stereocenters. The number of methoxy groups -OCH3 is 1. The minimum atomic E-state index is -0.0174. The topological polar surface area (TPSA) is 76.8 Å². The molecule has 0 saturated carbocycles. The number of hydrogen-bond acceptors (Lipinski definition) is 6. The first-order valence-electron chi connectivity index (χ1n) is 8.23. The lowest BCUT2D eigenvalue weighted by Crippen LogP contribution is -1.89. The first-order valence-corrected chi connectivity index (χ1v) is 9.11. The summed E-state index contributed by atoms with van der Waals surface area (Å²) in [6.45, 7) is 4.09. The van der Waals surface area contributed by atoms with Crippen LogP contribution in [0.2, 0.25) is 0 Å². The molecule has 132 valence electrons. The van der Waals surface area contributed by atoms with Crippen molar-refractivity contribution in [2.75, 3.05) is 7.11 Å². The average molecular weight is 366 g/mol. The van der Waals surface area contributed by atoms with E-state index in [4.69, 9.17) is 9.15 Å². The number of aryl methyl sites for hydroxylation is 1.